The van der Waals surface area contributed by atoms with Gasteiger partial charge in [0.1, 0.15) is 11.6 Å². The first-order chi connectivity index (χ1) is 15.7. The van der Waals surface area contributed by atoms with Crippen molar-refractivity contribution in [2.75, 3.05) is 18.4 Å². The number of aromatic nitrogens is 1. The van der Waals surface area contributed by atoms with Gasteiger partial charge in [-0.05, 0) is 50.1 Å². The van der Waals surface area contributed by atoms with Crippen molar-refractivity contribution in [2.24, 2.45) is 5.92 Å². The third-order valence-electron chi connectivity index (χ3n) is 5.53. The molecule has 0 bridgehead atoms. The van der Waals surface area contributed by atoms with E-state index in [1.165, 1.54) is 22.3 Å². The Balaban J connectivity index is 1.37. The van der Waals surface area contributed by atoms with Crippen LogP contribution in [0.1, 0.15) is 28.1 Å². The van der Waals surface area contributed by atoms with Gasteiger partial charge < -0.3 is 10.2 Å². The van der Waals surface area contributed by atoms with E-state index in [4.69, 9.17) is 0 Å². The first-order valence-electron chi connectivity index (χ1n) is 10.2. The molecule has 10 heteroatoms. The normalized spacial score (nSPS) is 14.4. The van der Waals surface area contributed by atoms with E-state index >= 15 is 0 Å². The average molecular weight is 477 g/mol. The second-order valence-electron chi connectivity index (χ2n) is 7.73. The highest BCUT2D eigenvalue weighted by molar-refractivity contribution is 7.16. The van der Waals surface area contributed by atoms with E-state index in [2.05, 4.69) is 10.3 Å². The fourth-order valence-electron chi connectivity index (χ4n) is 3.75. The number of aryl methyl sites for hydroxylation is 1. The van der Waals surface area contributed by atoms with E-state index in [0.717, 1.165) is 29.1 Å². The van der Waals surface area contributed by atoms with Gasteiger partial charge in [0.25, 0.3) is 5.91 Å². The molecule has 2 heterocycles. The Bertz CT molecular complexity index is 1220. The summed E-state index contributed by atoms with van der Waals surface area (Å²) < 4.78 is 53.7. The van der Waals surface area contributed by atoms with E-state index in [0.29, 0.717) is 35.3 Å². The standard InChI is InChI=1S/C23H19F4N3O2S/c1-12-20(14-2-5-17(25)19(27)10-14)28-23(33-12)29-21(31)13-6-8-30(9-7-13)22(32)16-4-3-15(24)11-18(16)26/h2-5,10-11,13H,6-9H2,1H3,(H,28,29,31). The number of carbonyl (C=O) groups is 2. The number of anilines is 1. The fourth-order valence-corrected chi connectivity index (χ4v) is 4.59. The van der Waals surface area contributed by atoms with Crippen molar-refractivity contribution in [2.45, 2.75) is 19.8 Å². The number of carbonyl (C=O) groups excluding carboxylic acids is 2. The van der Waals surface area contributed by atoms with Gasteiger partial charge in [0.05, 0.1) is 11.3 Å². The summed E-state index contributed by atoms with van der Waals surface area (Å²) >= 11 is 1.22. The highest BCUT2D eigenvalue weighted by atomic mass is 32.1. The number of piperidine rings is 1. The van der Waals surface area contributed by atoms with E-state index in [9.17, 15) is 27.2 Å². The maximum absolute atomic E-state index is 13.9. The molecule has 0 spiro atoms. The molecule has 1 aliphatic heterocycles. The van der Waals surface area contributed by atoms with Crippen molar-refractivity contribution in [1.82, 2.24) is 9.88 Å². The van der Waals surface area contributed by atoms with Crippen molar-refractivity contribution in [3.05, 3.63) is 70.1 Å². The number of thiazole rings is 1. The van der Waals surface area contributed by atoms with Crippen LogP contribution < -0.4 is 5.32 Å². The lowest BCUT2D eigenvalue weighted by Crippen LogP contribution is -2.41. The van der Waals surface area contributed by atoms with Gasteiger partial charge in [-0.1, -0.05) is 0 Å². The molecular formula is C23H19F4N3O2S. The molecular weight excluding hydrogens is 458 g/mol. The van der Waals surface area contributed by atoms with Crippen LogP contribution in [-0.4, -0.2) is 34.8 Å². The second-order valence-corrected chi connectivity index (χ2v) is 8.94. The highest BCUT2D eigenvalue weighted by Crippen LogP contribution is 2.32. The molecule has 0 radical (unpaired) electrons. The van der Waals surface area contributed by atoms with Crippen LogP contribution in [0.5, 0.6) is 0 Å². The lowest BCUT2D eigenvalue weighted by Gasteiger charge is -2.31. The Morgan fingerprint density at radius 2 is 1.73 bits per heavy atom. The SMILES string of the molecule is Cc1sc(NC(=O)C2CCN(C(=O)c3ccc(F)cc3F)CC2)nc1-c1ccc(F)c(F)c1. The number of nitrogens with zero attached hydrogens (tertiary/aromatic N) is 2. The molecule has 1 N–H and O–H groups in total. The zero-order valence-corrected chi connectivity index (χ0v) is 18.3. The van der Waals surface area contributed by atoms with Gasteiger partial charge >= 0.3 is 0 Å². The molecule has 0 aliphatic carbocycles. The third kappa shape index (κ3) is 4.90. The summed E-state index contributed by atoms with van der Waals surface area (Å²) in [6.07, 6.45) is 0.752. The Labute approximate surface area is 191 Å². The monoisotopic (exact) mass is 477 g/mol. The van der Waals surface area contributed by atoms with E-state index < -0.39 is 29.2 Å². The van der Waals surface area contributed by atoms with Gasteiger partial charge in [-0.2, -0.15) is 0 Å². The second kappa shape index (κ2) is 9.30. The number of benzene rings is 2. The Kier molecular flexibility index (Phi) is 6.46. The minimum Gasteiger partial charge on any atom is -0.339 e. The van der Waals surface area contributed by atoms with Crippen molar-refractivity contribution < 1.29 is 27.2 Å². The third-order valence-corrected chi connectivity index (χ3v) is 6.42. The zero-order chi connectivity index (χ0) is 23.7. The number of amides is 2. The van der Waals surface area contributed by atoms with Crippen LogP contribution >= 0.6 is 11.3 Å². The molecule has 0 unspecified atom stereocenters. The van der Waals surface area contributed by atoms with Crippen molar-refractivity contribution in [1.29, 1.82) is 0 Å². The molecule has 0 saturated carbocycles. The minimum absolute atomic E-state index is 0.206. The number of hydrogen-bond acceptors (Lipinski definition) is 4. The first kappa shape index (κ1) is 22.9. The summed E-state index contributed by atoms with van der Waals surface area (Å²) in [6.45, 7) is 2.28. The summed E-state index contributed by atoms with van der Waals surface area (Å²) in [7, 11) is 0. The number of halogens is 4. The molecule has 2 aromatic carbocycles. The number of nitrogens with one attached hydrogen (secondary N) is 1. The number of likely N-dealkylation sites (tertiary alicyclic amines) is 1. The van der Waals surface area contributed by atoms with Gasteiger partial charge in [0.15, 0.2) is 16.8 Å². The summed E-state index contributed by atoms with van der Waals surface area (Å²) in [5.41, 5.74) is 0.654. The smallest absolute Gasteiger partial charge is 0.256 e. The summed E-state index contributed by atoms with van der Waals surface area (Å²) in [4.78, 5) is 31.7. The molecule has 0 atom stereocenters. The lowest BCUT2D eigenvalue weighted by molar-refractivity contribution is -0.121. The number of hydrogen-bond donors (Lipinski definition) is 1. The lowest BCUT2D eigenvalue weighted by atomic mass is 9.95. The molecule has 33 heavy (non-hydrogen) atoms. The zero-order valence-electron chi connectivity index (χ0n) is 17.5. The topological polar surface area (TPSA) is 62.3 Å². The fraction of sp³-hybridized carbons (Fsp3) is 0.261. The Hall–Kier alpha value is -3.27. The molecule has 1 aliphatic rings. The van der Waals surface area contributed by atoms with Crippen LogP contribution in [0.15, 0.2) is 36.4 Å². The molecule has 1 fully saturated rings. The van der Waals surface area contributed by atoms with E-state index in [1.54, 1.807) is 6.92 Å². The predicted octanol–water partition coefficient (Wildman–Crippen LogP) is 5.17. The molecule has 1 aromatic heterocycles. The summed E-state index contributed by atoms with van der Waals surface area (Å²) in [5, 5.41) is 3.09. The minimum atomic E-state index is -0.979. The largest absolute Gasteiger partial charge is 0.339 e. The molecule has 5 nitrogen and oxygen atoms in total. The maximum atomic E-state index is 13.9. The molecule has 2 amide bonds. The van der Waals surface area contributed by atoms with E-state index in [1.807, 2.05) is 0 Å². The highest BCUT2D eigenvalue weighted by Gasteiger charge is 2.29. The van der Waals surface area contributed by atoms with Crippen LogP contribution in [0.2, 0.25) is 0 Å². The Morgan fingerprint density at radius 1 is 1.00 bits per heavy atom. The van der Waals surface area contributed by atoms with Crippen molar-refractivity contribution in [3.63, 3.8) is 0 Å². The molecule has 4 rings (SSSR count). The van der Waals surface area contributed by atoms with Crippen molar-refractivity contribution >= 4 is 28.3 Å². The van der Waals surface area contributed by atoms with Crippen molar-refractivity contribution in [3.8, 4) is 11.3 Å². The van der Waals surface area contributed by atoms with Crippen LogP contribution in [0.3, 0.4) is 0 Å². The van der Waals surface area contributed by atoms with E-state index in [-0.39, 0.29) is 30.5 Å². The summed E-state index contributed by atoms with van der Waals surface area (Å²) in [6, 6.07) is 6.30. The van der Waals surface area contributed by atoms with Crippen LogP contribution in [0.25, 0.3) is 11.3 Å². The Morgan fingerprint density at radius 3 is 2.39 bits per heavy atom. The van der Waals surface area contributed by atoms with Crippen LogP contribution in [0, 0.1) is 36.1 Å². The van der Waals surface area contributed by atoms with Gasteiger partial charge in [-0.15, -0.1) is 11.3 Å². The molecule has 172 valence electrons. The van der Waals surface area contributed by atoms with Gasteiger partial charge in [-0.3, -0.25) is 9.59 Å². The van der Waals surface area contributed by atoms with Gasteiger partial charge in [0, 0.05) is 35.5 Å². The summed E-state index contributed by atoms with van der Waals surface area (Å²) in [5.74, 6) is -4.79. The quantitative estimate of drug-likeness (QED) is 0.528. The average Bonchev–Trinajstić information content (AvgIpc) is 3.15. The molecule has 1 saturated heterocycles. The maximum Gasteiger partial charge on any atom is 0.256 e. The first-order valence-corrected chi connectivity index (χ1v) is 11.0. The van der Waals surface area contributed by atoms with Crippen LogP contribution in [0.4, 0.5) is 22.7 Å². The number of rotatable bonds is 4. The van der Waals surface area contributed by atoms with Gasteiger partial charge in [-0.25, -0.2) is 22.5 Å². The molecule has 3 aromatic rings. The van der Waals surface area contributed by atoms with Crippen LogP contribution in [-0.2, 0) is 4.79 Å². The predicted molar refractivity (Wildman–Crippen MR) is 116 cm³/mol. The van der Waals surface area contributed by atoms with Gasteiger partial charge in [0.2, 0.25) is 5.91 Å².